The maximum Gasteiger partial charge on any atom is 0.259 e. The second-order valence-corrected chi connectivity index (χ2v) is 5.81. The minimum Gasteiger partial charge on any atom is -0.383 e. The molecule has 0 unspecified atom stereocenters. The molecule has 0 bridgehead atoms. The molecule has 0 spiro atoms. The lowest BCUT2D eigenvalue weighted by Gasteiger charge is -2.12. The second kappa shape index (κ2) is 5.99. The van der Waals surface area contributed by atoms with Gasteiger partial charge in [0.1, 0.15) is 5.82 Å². The molecular formula is C17H15N3OS. The number of aromatic nitrogens is 1. The van der Waals surface area contributed by atoms with Gasteiger partial charge in [-0.1, -0.05) is 24.3 Å². The predicted molar refractivity (Wildman–Crippen MR) is 91.1 cm³/mol. The zero-order valence-corrected chi connectivity index (χ0v) is 12.9. The first-order chi connectivity index (χ1) is 10.7. The van der Waals surface area contributed by atoms with Gasteiger partial charge in [0.25, 0.3) is 5.91 Å². The van der Waals surface area contributed by atoms with Gasteiger partial charge in [0.2, 0.25) is 0 Å². The summed E-state index contributed by atoms with van der Waals surface area (Å²) in [6.07, 6.45) is 1.60. The van der Waals surface area contributed by atoms with E-state index >= 15 is 0 Å². The van der Waals surface area contributed by atoms with Crippen molar-refractivity contribution in [3.63, 3.8) is 0 Å². The Hall–Kier alpha value is -2.66. The Balaban J connectivity index is 1.96. The van der Waals surface area contributed by atoms with Crippen LogP contribution in [0.3, 0.4) is 0 Å². The second-order valence-electron chi connectivity index (χ2n) is 4.87. The third-order valence-corrected chi connectivity index (χ3v) is 4.28. The van der Waals surface area contributed by atoms with E-state index in [4.69, 9.17) is 5.73 Å². The molecule has 0 aliphatic carbocycles. The lowest BCUT2D eigenvalue weighted by molar-refractivity contribution is 0.102. The van der Waals surface area contributed by atoms with Crippen molar-refractivity contribution in [2.75, 3.05) is 11.1 Å². The number of para-hydroxylation sites is 1. The molecule has 0 aliphatic heterocycles. The van der Waals surface area contributed by atoms with Crippen LogP contribution in [0.5, 0.6) is 0 Å². The Morgan fingerprint density at radius 1 is 1.18 bits per heavy atom. The zero-order chi connectivity index (χ0) is 15.5. The van der Waals surface area contributed by atoms with E-state index in [9.17, 15) is 4.79 Å². The average molecular weight is 309 g/mol. The maximum atomic E-state index is 12.5. The van der Waals surface area contributed by atoms with E-state index in [1.165, 1.54) is 0 Å². The van der Waals surface area contributed by atoms with E-state index in [1.54, 1.807) is 23.6 Å². The van der Waals surface area contributed by atoms with Crippen LogP contribution < -0.4 is 11.1 Å². The van der Waals surface area contributed by atoms with Crippen molar-refractivity contribution in [2.45, 2.75) is 6.92 Å². The van der Waals surface area contributed by atoms with Crippen LogP contribution in [0, 0.1) is 6.92 Å². The number of carbonyl (C=O) groups excluding carboxylic acids is 1. The van der Waals surface area contributed by atoms with Crippen LogP contribution in [0.2, 0.25) is 0 Å². The number of pyridine rings is 1. The zero-order valence-electron chi connectivity index (χ0n) is 12.0. The molecule has 0 radical (unpaired) electrons. The standard InChI is InChI=1S/C17H15N3OS/c1-11-8-9-19-16(18)15(11)17(21)20-13-6-3-2-5-12(13)14-7-4-10-22-14/h2-10H,1H3,(H2,18,19)(H,20,21). The number of nitrogen functional groups attached to an aromatic ring is 1. The number of anilines is 2. The van der Waals surface area contributed by atoms with Crippen molar-refractivity contribution in [2.24, 2.45) is 0 Å². The predicted octanol–water partition coefficient (Wildman–Crippen LogP) is 3.95. The van der Waals surface area contributed by atoms with Crippen molar-refractivity contribution >= 4 is 28.7 Å². The number of rotatable bonds is 3. The van der Waals surface area contributed by atoms with Gasteiger partial charge in [0.05, 0.1) is 5.56 Å². The topological polar surface area (TPSA) is 68.0 Å². The Kier molecular flexibility index (Phi) is 3.89. The summed E-state index contributed by atoms with van der Waals surface area (Å²) >= 11 is 1.63. The summed E-state index contributed by atoms with van der Waals surface area (Å²) in [6.45, 7) is 1.85. The van der Waals surface area contributed by atoms with Crippen molar-refractivity contribution in [1.29, 1.82) is 0 Å². The van der Waals surface area contributed by atoms with Gasteiger partial charge in [-0.05, 0) is 36.1 Å². The van der Waals surface area contributed by atoms with E-state index in [0.717, 1.165) is 21.7 Å². The number of amides is 1. The number of hydrogen-bond donors (Lipinski definition) is 2. The van der Waals surface area contributed by atoms with E-state index in [0.29, 0.717) is 5.56 Å². The smallest absolute Gasteiger partial charge is 0.259 e. The lowest BCUT2D eigenvalue weighted by atomic mass is 10.1. The van der Waals surface area contributed by atoms with Crippen molar-refractivity contribution in [3.05, 3.63) is 65.2 Å². The molecule has 110 valence electrons. The van der Waals surface area contributed by atoms with E-state index in [-0.39, 0.29) is 11.7 Å². The monoisotopic (exact) mass is 309 g/mol. The number of benzene rings is 1. The molecular weight excluding hydrogens is 294 g/mol. The normalized spacial score (nSPS) is 10.4. The average Bonchev–Trinajstić information content (AvgIpc) is 3.01. The summed E-state index contributed by atoms with van der Waals surface area (Å²) in [5.74, 6) is -0.00166. The fourth-order valence-electron chi connectivity index (χ4n) is 2.30. The van der Waals surface area contributed by atoms with Gasteiger partial charge in [-0.3, -0.25) is 4.79 Å². The first-order valence-electron chi connectivity index (χ1n) is 6.82. The highest BCUT2D eigenvalue weighted by Gasteiger charge is 2.15. The molecule has 2 heterocycles. The summed E-state index contributed by atoms with van der Waals surface area (Å²) < 4.78 is 0. The molecule has 22 heavy (non-hydrogen) atoms. The lowest BCUT2D eigenvalue weighted by Crippen LogP contribution is -2.16. The van der Waals surface area contributed by atoms with Crippen LogP contribution in [0.25, 0.3) is 10.4 Å². The number of hydrogen-bond acceptors (Lipinski definition) is 4. The molecule has 0 saturated heterocycles. The van der Waals surface area contributed by atoms with Gasteiger partial charge in [-0.2, -0.15) is 0 Å². The molecule has 0 aliphatic rings. The van der Waals surface area contributed by atoms with Gasteiger partial charge in [-0.25, -0.2) is 4.98 Å². The number of carbonyl (C=O) groups is 1. The van der Waals surface area contributed by atoms with Crippen LogP contribution >= 0.6 is 11.3 Å². The summed E-state index contributed by atoms with van der Waals surface area (Å²) in [4.78, 5) is 17.6. The quantitative estimate of drug-likeness (QED) is 0.769. The highest BCUT2D eigenvalue weighted by molar-refractivity contribution is 7.13. The number of nitrogens with two attached hydrogens (primary N) is 1. The van der Waals surface area contributed by atoms with E-state index < -0.39 is 0 Å². The van der Waals surface area contributed by atoms with Crippen LogP contribution in [0.1, 0.15) is 15.9 Å². The number of thiophene rings is 1. The molecule has 4 nitrogen and oxygen atoms in total. The van der Waals surface area contributed by atoms with Gasteiger partial charge in [0.15, 0.2) is 0 Å². The summed E-state index contributed by atoms with van der Waals surface area (Å²) in [6, 6.07) is 13.5. The Morgan fingerprint density at radius 2 is 2.00 bits per heavy atom. The van der Waals surface area contributed by atoms with E-state index in [1.807, 2.05) is 48.7 Å². The molecule has 0 atom stereocenters. The van der Waals surface area contributed by atoms with Gasteiger partial charge < -0.3 is 11.1 Å². The molecule has 0 fully saturated rings. The fraction of sp³-hybridized carbons (Fsp3) is 0.0588. The SMILES string of the molecule is Cc1ccnc(N)c1C(=O)Nc1ccccc1-c1cccs1. The Morgan fingerprint density at radius 3 is 2.73 bits per heavy atom. The molecule has 2 aromatic heterocycles. The third-order valence-electron chi connectivity index (χ3n) is 3.38. The van der Waals surface area contributed by atoms with Gasteiger partial charge in [0, 0.05) is 22.3 Å². The van der Waals surface area contributed by atoms with Gasteiger partial charge in [-0.15, -0.1) is 11.3 Å². The van der Waals surface area contributed by atoms with Crippen LogP contribution in [-0.4, -0.2) is 10.9 Å². The van der Waals surface area contributed by atoms with Crippen molar-refractivity contribution in [1.82, 2.24) is 4.98 Å². The highest BCUT2D eigenvalue weighted by Crippen LogP contribution is 2.31. The maximum absolute atomic E-state index is 12.5. The first kappa shape index (κ1) is 14.3. The Bertz CT molecular complexity index is 792. The minimum atomic E-state index is -0.243. The molecule has 3 rings (SSSR count). The molecule has 5 heteroatoms. The first-order valence-corrected chi connectivity index (χ1v) is 7.70. The molecule has 3 N–H and O–H groups in total. The van der Waals surface area contributed by atoms with Crippen LogP contribution in [0.4, 0.5) is 11.5 Å². The third kappa shape index (κ3) is 2.71. The van der Waals surface area contributed by atoms with Crippen molar-refractivity contribution < 1.29 is 4.79 Å². The Labute approximate surface area is 132 Å². The van der Waals surface area contributed by atoms with Crippen LogP contribution in [0.15, 0.2) is 54.0 Å². The minimum absolute atomic E-state index is 0.242. The molecule has 1 aromatic carbocycles. The van der Waals surface area contributed by atoms with E-state index in [2.05, 4.69) is 10.3 Å². The number of aryl methyl sites for hydroxylation is 1. The summed E-state index contributed by atoms with van der Waals surface area (Å²) in [5, 5.41) is 4.96. The molecule has 3 aromatic rings. The van der Waals surface area contributed by atoms with Crippen LogP contribution in [-0.2, 0) is 0 Å². The van der Waals surface area contributed by atoms with Crippen molar-refractivity contribution in [3.8, 4) is 10.4 Å². The largest absolute Gasteiger partial charge is 0.383 e. The molecule has 0 saturated carbocycles. The molecule has 1 amide bonds. The summed E-state index contributed by atoms with van der Waals surface area (Å²) in [5.41, 5.74) is 8.82. The fourth-order valence-corrected chi connectivity index (χ4v) is 3.06. The number of nitrogens with zero attached hydrogens (tertiary/aromatic N) is 1. The highest BCUT2D eigenvalue weighted by atomic mass is 32.1. The van der Waals surface area contributed by atoms with Gasteiger partial charge >= 0.3 is 0 Å². The number of nitrogens with one attached hydrogen (secondary N) is 1. The summed E-state index contributed by atoms with van der Waals surface area (Å²) in [7, 11) is 0.